The van der Waals surface area contributed by atoms with Crippen LogP contribution in [0.15, 0.2) is 24.4 Å². The van der Waals surface area contributed by atoms with Crippen molar-refractivity contribution < 1.29 is 9.59 Å². The van der Waals surface area contributed by atoms with Crippen molar-refractivity contribution >= 4 is 17.5 Å². The van der Waals surface area contributed by atoms with Gasteiger partial charge in [0.1, 0.15) is 5.82 Å². The highest BCUT2D eigenvalue weighted by Gasteiger charge is 2.34. The summed E-state index contributed by atoms with van der Waals surface area (Å²) in [4.78, 5) is 33.5. The van der Waals surface area contributed by atoms with Crippen molar-refractivity contribution in [3.63, 3.8) is 0 Å². The van der Waals surface area contributed by atoms with Crippen LogP contribution in [0.2, 0.25) is 0 Å². The zero-order chi connectivity index (χ0) is 19.6. The molecule has 27 heavy (non-hydrogen) atoms. The Morgan fingerprint density at radius 2 is 2.15 bits per heavy atom. The number of rotatable bonds is 5. The summed E-state index contributed by atoms with van der Waals surface area (Å²) in [7, 11) is 3.52. The van der Waals surface area contributed by atoms with Gasteiger partial charge in [0.05, 0.1) is 11.6 Å². The molecule has 0 bridgehead atoms. The number of nitrogens with one attached hydrogen (secondary N) is 1. The number of carbonyl (C=O) groups excluding carboxylic acids is 2. The first-order valence-electron chi connectivity index (χ1n) is 9.67. The maximum atomic E-state index is 12.8. The van der Waals surface area contributed by atoms with Crippen molar-refractivity contribution in [2.24, 2.45) is 5.92 Å². The van der Waals surface area contributed by atoms with E-state index in [2.05, 4.69) is 19.2 Å². The van der Waals surface area contributed by atoms with E-state index < -0.39 is 0 Å². The van der Waals surface area contributed by atoms with E-state index in [-0.39, 0.29) is 18.0 Å². The van der Waals surface area contributed by atoms with Gasteiger partial charge >= 0.3 is 6.03 Å². The van der Waals surface area contributed by atoms with Gasteiger partial charge in [0, 0.05) is 33.4 Å². The third-order valence-corrected chi connectivity index (χ3v) is 5.28. The van der Waals surface area contributed by atoms with Crippen LogP contribution in [0.3, 0.4) is 0 Å². The van der Waals surface area contributed by atoms with Gasteiger partial charge in [-0.15, -0.1) is 0 Å². The minimum atomic E-state index is -0.159. The van der Waals surface area contributed by atoms with E-state index >= 15 is 0 Å². The Morgan fingerprint density at radius 1 is 1.37 bits per heavy atom. The Morgan fingerprint density at radius 3 is 2.85 bits per heavy atom. The molecule has 0 aromatic carbocycles. The Balaban J connectivity index is 1.95. The Kier molecular flexibility index (Phi) is 5.68. The molecule has 0 aliphatic carbocycles. The fraction of sp³-hybridized carbons (Fsp3) is 0.550. The Hall–Kier alpha value is -2.57. The van der Waals surface area contributed by atoms with E-state index in [0.717, 1.165) is 30.6 Å². The second-order valence-electron chi connectivity index (χ2n) is 7.53. The molecule has 7 nitrogen and oxygen atoms in total. The van der Waals surface area contributed by atoms with Crippen LogP contribution in [0, 0.1) is 5.92 Å². The van der Waals surface area contributed by atoms with Gasteiger partial charge in [-0.25, -0.2) is 9.78 Å². The maximum Gasteiger partial charge on any atom is 0.320 e. The molecule has 3 amide bonds. The molecule has 1 saturated heterocycles. The van der Waals surface area contributed by atoms with Crippen molar-refractivity contribution in [3.8, 4) is 0 Å². The fourth-order valence-electron chi connectivity index (χ4n) is 3.48. The SMILES string of the molecule is CC[C@H](C)CNC(=O)c1nc([C@H]2CCCN2C(=O)N(C)C)n2ccccc12. The zero-order valence-corrected chi connectivity index (χ0v) is 16.6. The first-order valence-corrected chi connectivity index (χ1v) is 9.67. The minimum Gasteiger partial charge on any atom is -0.350 e. The van der Waals surface area contributed by atoms with Gasteiger partial charge in [0.2, 0.25) is 0 Å². The molecular formula is C20H29N5O2. The number of amides is 3. The molecule has 3 rings (SSSR count). The van der Waals surface area contributed by atoms with Gasteiger partial charge in [0.15, 0.2) is 5.69 Å². The molecule has 1 N–H and O–H groups in total. The molecular weight excluding hydrogens is 342 g/mol. The van der Waals surface area contributed by atoms with Crippen LogP contribution in [-0.4, -0.2) is 58.3 Å². The summed E-state index contributed by atoms with van der Waals surface area (Å²) in [5.74, 6) is 1.02. The van der Waals surface area contributed by atoms with Gasteiger partial charge in [-0.05, 0) is 30.9 Å². The quantitative estimate of drug-likeness (QED) is 0.878. The van der Waals surface area contributed by atoms with E-state index in [9.17, 15) is 9.59 Å². The maximum absolute atomic E-state index is 12.8. The number of hydrogen-bond acceptors (Lipinski definition) is 3. The fourth-order valence-corrected chi connectivity index (χ4v) is 3.48. The lowest BCUT2D eigenvalue weighted by Crippen LogP contribution is -2.39. The number of carbonyl (C=O) groups is 2. The van der Waals surface area contributed by atoms with Gasteiger partial charge in [-0.1, -0.05) is 26.3 Å². The van der Waals surface area contributed by atoms with Crippen molar-refractivity contribution in [3.05, 3.63) is 35.9 Å². The average Bonchev–Trinajstić information content (AvgIpc) is 3.29. The monoisotopic (exact) mass is 371 g/mol. The number of pyridine rings is 1. The molecule has 3 heterocycles. The summed E-state index contributed by atoms with van der Waals surface area (Å²) < 4.78 is 1.95. The summed E-state index contributed by atoms with van der Waals surface area (Å²) in [5.41, 5.74) is 1.20. The molecule has 2 aromatic heterocycles. The molecule has 1 aliphatic rings. The molecule has 0 spiro atoms. The van der Waals surface area contributed by atoms with E-state index in [1.807, 2.05) is 33.7 Å². The normalized spacial score (nSPS) is 17.9. The summed E-state index contributed by atoms with van der Waals surface area (Å²) >= 11 is 0. The van der Waals surface area contributed by atoms with Crippen molar-refractivity contribution in [2.45, 2.75) is 39.2 Å². The van der Waals surface area contributed by atoms with Gasteiger partial charge in [0.25, 0.3) is 5.91 Å². The van der Waals surface area contributed by atoms with Gasteiger partial charge in [-0.2, -0.15) is 0 Å². The lowest BCUT2D eigenvalue weighted by molar-refractivity contribution is 0.0944. The van der Waals surface area contributed by atoms with Crippen molar-refractivity contribution in [2.75, 3.05) is 27.2 Å². The third kappa shape index (κ3) is 3.77. The lowest BCUT2D eigenvalue weighted by atomic mass is 10.1. The average molecular weight is 371 g/mol. The number of urea groups is 1. The van der Waals surface area contributed by atoms with Crippen molar-refractivity contribution in [1.29, 1.82) is 0 Å². The van der Waals surface area contributed by atoms with Gasteiger partial charge in [-0.3, -0.25) is 4.79 Å². The van der Waals surface area contributed by atoms with Crippen LogP contribution in [0.25, 0.3) is 5.52 Å². The zero-order valence-electron chi connectivity index (χ0n) is 16.6. The van der Waals surface area contributed by atoms with E-state index in [1.54, 1.807) is 19.0 Å². The predicted molar refractivity (Wildman–Crippen MR) is 105 cm³/mol. The summed E-state index contributed by atoms with van der Waals surface area (Å²) in [6.45, 7) is 5.56. The van der Waals surface area contributed by atoms with E-state index in [1.165, 1.54) is 0 Å². The third-order valence-electron chi connectivity index (χ3n) is 5.28. The van der Waals surface area contributed by atoms with Crippen LogP contribution in [0.4, 0.5) is 4.79 Å². The number of likely N-dealkylation sites (tertiary alicyclic amines) is 1. The van der Waals surface area contributed by atoms with Gasteiger partial charge < -0.3 is 19.5 Å². The lowest BCUT2D eigenvalue weighted by Gasteiger charge is -2.27. The second kappa shape index (κ2) is 7.98. The minimum absolute atomic E-state index is 0.0204. The standard InChI is InChI=1S/C20H29N5O2/c1-5-14(2)13-21-19(26)17-15-9-6-7-11-24(15)18(22-17)16-10-8-12-25(16)20(27)23(3)4/h6-7,9,11,14,16H,5,8,10,12-13H2,1-4H3,(H,21,26)/t14-,16+/m0/s1. The van der Waals surface area contributed by atoms with Crippen LogP contribution in [0.1, 0.15) is 55.5 Å². The van der Waals surface area contributed by atoms with E-state index in [0.29, 0.717) is 24.7 Å². The number of nitrogens with zero attached hydrogens (tertiary/aromatic N) is 4. The summed E-state index contributed by atoms with van der Waals surface area (Å²) in [6, 6.07) is 5.59. The molecule has 1 aliphatic heterocycles. The Labute approximate surface area is 160 Å². The van der Waals surface area contributed by atoms with Crippen LogP contribution in [0.5, 0.6) is 0 Å². The number of aromatic nitrogens is 2. The summed E-state index contributed by atoms with van der Waals surface area (Å²) in [5, 5.41) is 2.99. The summed E-state index contributed by atoms with van der Waals surface area (Å²) in [6.07, 6.45) is 4.71. The largest absolute Gasteiger partial charge is 0.350 e. The highest BCUT2D eigenvalue weighted by molar-refractivity contribution is 5.99. The second-order valence-corrected chi connectivity index (χ2v) is 7.53. The molecule has 0 radical (unpaired) electrons. The van der Waals surface area contributed by atoms with Crippen LogP contribution in [-0.2, 0) is 0 Å². The number of fused-ring (bicyclic) bond motifs is 1. The molecule has 1 fully saturated rings. The molecule has 2 atom stereocenters. The van der Waals surface area contributed by atoms with E-state index in [4.69, 9.17) is 4.98 Å². The molecule has 2 aromatic rings. The predicted octanol–water partition coefficient (Wildman–Crippen LogP) is 2.93. The van der Waals surface area contributed by atoms with Crippen LogP contribution >= 0.6 is 0 Å². The molecule has 0 saturated carbocycles. The number of imidazole rings is 1. The number of hydrogen-bond donors (Lipinski definition) is 1. The molecule has 0 unspecified atom stereocenters. The molecule has 7 heteroatoms. The van der Waals surface area contributed by atoms with Crippen LogP contribution < -0.4 is 5.32 Å². The van der Waals surface area contributed by atoms with Crippen molar-refractivity contribution in [1.82, 2.24) is 24.5 Å². The first kappa shape index (κ1) is 19.2. The highest BCUT2D eigenvalue weighted by Crippen LogP contribution is 2.33. The molecule has 146 valence electrons. The Bertz CT molecular complexity index is 829. The first-order chi connectivity index (χ1) is 12.9. The highest BCUT2D eigenvalue weighted by atomic mass is 16.2. The smallest absolute Gasteiger partial charge is 0.320 e. The topological polar surface area (TPSA) is 70.0 Å².